The Kier molecular flexibility index (Phi) is 4.75. The topological polar surface area (TPSA) is 82.8 Å². The van der Waals surface area contributed by atoms with Gasteiger partial charge < -0.3 is 4.74 Å². The number of urea groups is 1. The highest BCUT2D eigenvalue weighted by atomic mass is 79.9. The SMILES string of the molecule is CCOC(=O)N1C(=O)N=C(C)C(C#N)C1c1cc(Br)cs1. The summed E-state index contributed by atoms with van der Waals surface area (Å²) >= 11 is 4.70. The molecule has 0 aromatic carbocycles. The van der Waals surface area contributed by atoms with E-state index >= 15 is 0 Å². The van der Waals surface area contributed by atoms with Gasteiger partial charge in [-0.2, -0.15) is 5.26 Å². The van der Waals surface area contributed by atoms with Gasteiger partial charge in [0.25, 0.3) is 0 Å². The molecule has 0 bridgehead atoms. The van der Waals surface area contributed by atoms with Gasteiger partial charge in [-0.15, -0.1) is 11.3 Å². The quantitative estimate of drug-likeness (QED) is 0.794. The number of nitriles is 1. The molecule has 3 amide bonds. The number of nitrogens with zero attached hydrogens (tertiary/aromatic N) is 3. The Labute approximate surface area is 134 Å². The molecule has 110 valence electrons. The van der Waals surface area contributed by atoms with Gasteiger partial charge in [-0.05, 0) is 35.8 Å². The van der Waals surface area contributed by atoms with Crippen LogP contribution in [0, 0.1) is 17.2 Å². The van der Waals surface area contributed by atoms with Crippen molar-refractivity contribution in [2.45, 2.75) is 19.9 Å². The Hall–Kier alpha value is -1.72. The predicted octanol–water partition coefficient (Wildman–Crippen LogP) is 3.74. The second-order valence-electron chi connectivity index (χ2n) is 4.32. The highest BCUT2D eigenvalue weighted by Gasteiger charge is 2.43. The number of amides is 3. The maximum absolute atomic E-state index is 12.1. The lowest BCUT2D eigenvalue weighted by molar-refractivity contribution is 0.0988. The standard InChI is InChI=1S/C13H12BrN3O3S/c1-3-20-13(19)17-11(10-4-8(14)6-21-10)9(5-15)7(2)16-12(17)18/h4,6,9,11H,3H2,1-2H3. The lowest BCUT2D eigenvalue weighted by Crippen LogP contribution is -2.46. The molecule has 1 aliphatic rings. The Balaban J connectivity index is 2.51. The van der Waals surface area contributed by atoms with E-state index < -0.39 is 24.1 Å². The van der Waals surface area contributed by atoms with Crippen molar-refractivity contribution < 1.29 is 14.3 Å². The van der Waals surface area contributed by atoms with Crippen molar-refractivity contribution in [3.8, 4) is 6.07 Å². The van der Waals surface area contributed by atoms with Crippen molar-refractivity contribution >= 4 is 45.1 Å². The van der Waals surface area contributed by atoms with Gasteiger partial charge in [0.15, 0.2) is 0 Å². The van der Waals surface area contributed by atoms with Gasteiger partial charge in [0.05, 0.1) is 12.7 Å². The van der Waals surface area contributed by atoms with Gasteiger partial charge >= 0.3 is 12.1 Å². The van der Waals surface area contributed by atoms with Crippen molar-refractivity contribution in [1.82, 2.24) is 4.90 Å². The molecule has 2 atom stereocenters. The van der Waals surface area contributed by atoms with Gasteiger partial charge in [-0.3, -0.25) is 0 Å². The summed E-state index contributed by atoms with van der Waals surface area (Å²) in [7, 11) is 0. The Morgan fingerprint density at radius 3 is 2.90 bits per heavy atom. The number of halogens is 1. The Bertz CT molecular complexity index is 649. The van der Waals surface area contributed by atoms with Crippen LogP contribution >= 0.6 is 27.3 Å². The fraction of sp³-hybridized carbons (Fsp3) is 0.385. The van der Waals surface area contributed by atoms with E-state index in [0.717, 1.165) is 14.2 Å². The molecule has 2 unspecified atom stereocenters. The van der Waals surface area contributed by atoms with Crippen LogP contribution in [0.5, 0.6) is 0 Å². The molecule has 0 radical (unpaired) electrons. The summed E-state index contributed by atoms with van der Waals surface area (Å²) in [5.41, 5.74) is 0.401. The van der Waals surface area contributed by atoms with Crippen LogP contribution in [-0.2, 0) is 4.74 Å². The Morgan fingerprint density at radius 1 is 1.67 bits per heavy atom. The van der Waals surface area contributed by atoms with Crippen molar-refractivity contribution in [2.24, 2.45) is 10.9 Å². The molecule has 1 aliphatic heterocycles. The van der Waals surface area contributed by atoms with Crippen LogP contribution < -0.4 is 0 Å². The van der Waals surface area contributed by atoms with E-state index in [0.29, 0.717) is 5.71 Å². The molecule has 21 heavy (non-hydrogen) atoms. The second-order valence-corrected chi connectivity index (χ2v) is 6.18. The molecule has 0 aliphatic carbocycles. The molecule has 0 saturated carbocycles. The molecule has 2 heterocycles. The average Bonchev–Trinajstić information content (AvgIpc) is 2.84. The second kappa shape index (κ2) is 6.37. The number of aliphatic imine (C=N–C) groups is 1. The number of carbonyl (C=O) groups excluding carboxylic acids is 2. The minimum absolute atomic E-state index is 0.142. The average molecular weight is 370 g/mol. The summed E-state index contributed by atoms with van der Waals surface area (Å²) in [5.74, 6) is -0.683. The number of rotatable bonds is 2. The van der Waals surface area contributed by atoms with E-state index in [2.05, 4.69) is 27.0 Å². The first-order chi connectivity index (χ1) is 9.99. The van der Waals surface area contributed by atoms with E-state index in [4.69, 9.17) is 4.74 Å². The normalized spacial score (nSPS) is 21.7. The first-order valence-corrected chi connectivity index (χ1v) is 7.85. The summed E-state index contributed by atoms with van der Waals surface area (Å²) < 4.78 is 5.75. The van der Waals surface area contributed by atoms with E-state index in [-0.39, 0.29) is 6.61 Å². The zero-order valence-corrected chi connectivity index (χ0v) is 13.8. The summed E-state index contributed by atoms with van der Waals surface area (Å²) in [6.07, 6.45) is -0.784. The summed E-state index contributed by atoms with van der Waals surface area (Å²) in [5, 5.41) is 11.2. The van der Waals surface area contributed by atoms with Gasteiger partial charge in [0.1, 0.15) is 12.0 Å². The van der Waals surface area contributed by atoms with Gasteiger partial charge in [0, 0.05) is 20.4 Å². The smallest absolute Gasteiger partial charge is 0.418 e. The maximum atomic E-state index is 12.1. The molecule has 0 saturated heterocycles. The van der Waals surface area contributed by atoms with Gasteiger partial charge in [-0.1, -0.05) is 0 Å². The van der Waals surface area contributed by atoms with E-state index in [1.165, 1.54) is 11.3 Å². The number of thiophene rings is 1. The molecule has 0 spiro atoms. The Morgan fingerprint density at radius 2 is 2.38 bits per heavy atom. The fourth-order valence-electron chi connectivity index (χ4n) is 2.09. The van der Waals surface area contributed by atoms with Crippen LogP contribution in [0.25, 0.3) is 0 Å². The van der Waals surface area contributed by atoms with Crippen molar-refractivity contribution in [3.63, 3.8) is 0 Å². The third kappa shape index (κ3) is 2.99. The van der Waals surface area contributed by atoms with Crippen LogP contribution in [0.15, 0.2) is 20.9 Å². The zero-order valence-electron chi connectivity index (χ0n) is 11.4. The summed E-state index contributed by atoms with van der Waals surface area (Å²) in [4.78, 5) is 29.6. The first-order valence-electron chi connectivity index (χ1n) is 6.18. The van der Waals surface area contributed by atoms with E-state index in [1.807, 2.05) is 5.38 Å². The van der Waals surface area contributed by atoms with Crippen LogP contribution in [0.4, 0.5) is 9.59 Å². The highest BCUT2D eigenvalue weighted by Crippen LogP contribution is 2.38. The molecule has 2 rings (SSSR count). The minimum Gasteiger partial charge on any atom is -0.449 e. The first kappa shape index (κ1) is 15.7. The molecular formula is C13H12BrN3O3S. The fourth-order valence-corrected chi connectivity index (χ4v) is 3.67. The van der Waals surface area contributed by atoms with E-state index in [9.17, 15) is 14.9 Å². The van der Waals surface area contributed by atoms with Crippen LogP contribution in [0.3, 0.4) is 0 Å². The van der Waals surface area contributed by atoms with Gasteiger partial charge in [0.2, 0.25) is 0 Å². The number of ether oxygens (including phenoxy) is 1. The lowest BCUT2D eigenvalue weighted by Gasteiger charge is -2.33. The number of imide groups is 1. The lowest BCUT2D eigenvalue weighted by atomic mass is 9.92. The number of carbonyl (C=O) groups is 2. The van der Waals surface area contributed by atoms with Crippen LogP contribution in [0.1, 0.15) is 24.8 Å². The molecule has 6 nitrogen and oxygen atoms in total. The summed E-state index contributed by atoms with van der Waals surface area (Å²) in [6, 6.07) is 2.49. The van der Waals surface area contributed by atoms with Crippen molar-refractivity contribution in [3.05, 3.63) is 20.8 Å². The molecule has 1 aromatic heterocycles. The molecular weight excluding hydrogens is 358 g/mol. The molecule has 1 aromatic rings. The van der Waals surface area contributed by atoms with Crippen molar-refractivity contribution in [1.29, 1.82) is 5.26 Å². The van der Waals surface area contributed by atoms with Crippen molar-refractivity contribution in [2.75, 3.05) is 6.61 Å². The third-order valence-electron chi connectivity index (χ3n) is 3.00. The number of hydrogen-bond acceptors (Lipinski definition) is 5. The minimum atomic E-state index is -0.784. The predicted molar refractivity (Wildman–Crippen MR) is 81.2 cm³/mol. The molecule has 0 fully saturated rings. The number of hydrogen-bond donors (Lipinski definition) is 0. The largest absolute Gasteiger partial charge is 0.449 e. The summed E-state index contributed by atoms with van der Waals surface area (Å²) in [6.45, 7) is 3.41. The zero-order chi connectivity index (χ0) is 15.6. The maximum Gasteiger partial charge on any atom is 0.418 e. The monoisotopic (exact) mass is 369 g/mol. The van der Waals surface area contributed by atoms with Gasteiger partial charge in [-0.25, -0.2) is 19.5 Å². The van der Waals surface area contributed by atoms with Crippen LogP contribution in [0.2, 0.25) is 0 Å². The van der Waals surface area contributed by atoms with Crippen LogP contribution in [-0.4, -0.2) is 29.3 Å². The van der Waals surface area contributed by atoms with E-state index in [1.54, 1.807) is 19.9 Å². The third-order valence-corrected chi connectivity index (χ3v) is 4.77. The molecule has 8 heteroatoms. The molecule has 0 N–H and O–H groups in total. The highest BCUT2D eigenvalue weighted by molar-refractivity contribution is 9.10.